The van der Waals surface area contributed by atoms with E-state index in [-0.39, 0.29) is 41.2 Å². The molecule has 142 valence electrons. The molecule has 0 radical (unpaired) electrons. The van der Waals surface area contributed by atoms with Gasteiger partial charge >= 0.3 is 5.69 Å². The fourth-order valence-electron chi connectivity index (χ4n) is 3.21. The van der Waals surface area contributed by atoms with Crippen molar-refractivity contribution in [1.29, 1.82) is 0 Å². The normalized spacial score (nSPS) is 23.6. The van der Waals surface area contributed by atoms with Crippen molar-refractivity contribution in [2.45, 2.75) is 43.0 Å². The smallest absolute Gasteiger partial charge is 0.310 e. The highest BCUT2D eigenvalue weighted by Gasteiger charge is 2.40. The third-order valence-electron chi connectivity index (χ3n) is 4.81. The lowest BCUT2D eigenvalue weighted by molar-refractivity contribution is -0.385. The number of nitrogens with one attached hydrogen (secondary N) is 1. The van der Waals surface area contributed by atoms with E-state index in [1.54, 1.807) is 0 Å². The van der Waals surface area contributed by atoms with Crippen LogP contribution in [-0.4, -0.2) is 32.5 Å². The van der Waals surface area contributed by atoms with E-state index in [4.69, 9.17) is 10.5 Å². The molecule has 1 aliphatic carbocycles. The van der Waals surface area contributed by atoms with Crippen LogP contribution >= 0.6 is 12.4 Å². The van der Waals surface area contributed by atoms with Gasteiger partial charge in [0.1, 0.15) is 0 Å². The van der Waals surface area contributed by atoms with Crippen LogP contribution in [0, 0.1) is 16.0 Å². The number of nitrogens with two attached hydrogens (primary N) is 1. The van der Waals surface area contributed by atoms with Crippen molar-refractivity contribution in [2.24, 2.45) is 11.7 Å². The lowest BCUT2D eigenvalue weighted by Crippen LogP contribution is -2.58. The molecule has 0 aliphatic heterocycles. The van der Waals surface area contributed by atoms with E-state index in [9.17, 15) is 18.5 Å². The summed E-state index contributed by atoms with van der Waals surface area (Å²) in [4.78, 5) is 10.3. The molecule has 1 fully saturated rings. The Balaban J connectivity index is 0.00000312. The average molecular weight is 394 g/mol. The summed E-state index contributed by atoms with van der Waals surface area (Å²) in [6.07, 6.45) is 3.54. The highest BCUT2D eigenvalue weighted by molar-refractivity contribution is 7.89. The predicted molar refractivity (Wildman–Crippen MR) is 96.6 cm³/mol. The van der Waals surface area contributed by atoms with E-state index >= 15 is 0 Å². The van der Waals surface area contributed by atoms with Gasteiger partial charge in [0, 0.05) is 24.2 Å². The van der Waals surface area contributed by atoms with E-state index in [1.165, 1.54) is 13.2 Å². The maximum atomic E-state index is 12.8. The minimum absolute atomic E-state index is 0. The Morgan fingerprint density at radius 3 is 2.64 bits per heavy atom. The number of ether oxygens (including phenoxy) is 1. The molecule has 0 aromatic heterocycles. The number of nitro groups is 1. The standard InChI is InChI=1S/C15H23N3O5S.ClH/c1-11-5-3-4-8-15(11,10-16)17-24(21,22)12-6-7-13(18(19)20)14(9-12)23-2;/h6-7,9,11,17H,3-5,8,10,16H2,1-2H3;1H. The second kappa shape index (κ2) is 8.31. The van der Waals surface area contributed by atoms with E-state index in [2.05, 4.69) is 4.72 Å². The molecule has 8 nitrogen and oxygen atoms in total. The lowest BCUT2D eigenvalue weighted by Gasteiger charge is -2.42. The van der Waals surface area contributed by atoms with Gasteiger partial charge in [-0.1, -0.05) is 19.8 Å². The van der Waals surface area contributed by atoms with Crippen LogP contribution in [0.15, 0.2) is 23.1 Å². The van der Waals surface area contributed by atoms with Crippen LogP contribution in [0.3, 0.4) is 0 Å². The van der Waals surface area contributed by atoms with Crippen LogP contribution < -0.4 is 15.2 Å². The number of benzene rings is 1. The van der Waals surface area contributed by atoms with E-state index in [0.717, 1.165) is 31.4 Å². The van der Waals surface area contributed by atoms with Crippen molar-refractivity contribution in [1.82, 2.24) is 4.72 Å². The molecule has 2 rings (SSSR count). The van der Waals surface area contributed by atoms with Gasteiger partial charge in [-0.2, -0.15) is 0 Å². The summed E-state index contributed by atoms with van der Waals surface area (Å²) < 4.78 is 33.2. The Kier molecular flexibility index (Phi) is 7.18. The predicted octanol–water partition coefficient (Wildman–Crippen LogP) is 2.21. The van der Waals surface area contributed by atoms with Crippen LogP contribution in [-0.2, 0) is 10.0 Å². The number of rotatable bonds is 6. The zero-order valence-corrected chi connectivity index (χ0v) is 15.9. The molecule has 10 heteroatoms. The third kappa shape index (κ3) is 4.41. The molecule has 1 aliphatic rings. The Labute approximate surface area is 153 Å². The summed E-state index contributed by atoms with van der Waals surface area (Å²) >= 11 is 0. The van der Waals surface area contributed by atoms with Crippen molar-refractivity contribution in [3.63, 3.8) is 0 Å². The lowest BCUT2D eigenvalue weighted by atomic mass is 9.74. The fraction of sp³-hybridized carbons (Fsp3) is 0.600. The molecule has 0 spiro atoms. The van der Waals surface area contributed by atoms with Gasteiger partial charge in [-0.3, -0.25) is 10.1 Å². The molecular weight excluding hydrogens is 370 g/mol. The minimum Gasteiger partial charge on any atom is -0.490 e. The zero-order chi connectivity index (χ0) is 18.0. The summed E-state index contributed by atoms with van der Waals surface area (Å²) in [5, 5.41) is 10.9. The van der Waals surface area contributed by atoms with Gasteiger partial charge in [-0.15, -0.1) is 12.4 Å². The Hall–Kier alpha value is -1.42. The van der Waals surface area contributed by atoms with Crippen LogP contribution in [0.25, 0.3) is 0 Å². The summed E-state index contributed by atoms with van der Waals surface area (Å²) in [6.45, 7) is 2.20. The number of halogens is 1. The quantitative estimate of drug-likeness (QED) is 0.563. The highest BCUT2D eigenvalue weighted by atomic mass is 35.5. The molecule has 1 aromatic carbocycles. The van der Waals surface area contributed by atoms with Crippen molar-refractivity contribution in [3.8, 4) is 5.75 Å². The van der Waals surface area contributed by atoms with E-state index < -0.39 is 20.5 Å². The second-order valence-corrected chi connectivity index (χ2v) is 7.89. The van der Waals surface area contributed by atoms with Gasteiger partial charge in [0.25, 0.3) is 0 Å². The van der Waals surface area contributed by atoms with Gasteiger partial charge in [0.15, 0.2) is 5.75 Å². The van der Waals surface area contributed by atoms with E-state index in [1.807, 2.05) is 6.92 Å². The van der Waals surface area contributed by atoms with Crippen molar-refractivity contribution >= 4 is 28.1 Å². The fourth-order valence-corrected chi connectivity index (χ4v) is 4.76. The summed E-state index contributed by atoms with van der Waals surface area (Å²) in [7, 11) is -2.61. The minimum atomic E-state index is -3.87. The number of hydrogen-bond acceptors (Lipinski definition) is 6. The monoisotopic (exact) mass is 393 g/mol. The van der Waals surface area contributed by atoms with Gasteiger partial charge in [0.2, 0.25) is 10.0 Å². The molecule has 2 unspecified atom stereocenters. The molecule has 1 saturated carbocycles. The summed E-state index contributed by atoms with van der Waals surface area (Å²) in [6, 6.07) is 3.51. The van der Waals surface area contributed by atoms with Crippen molar-refractivity contribution in [2.75, 3.05) is 13.7 Å². The highest BCUT2D eigenvalue weighted by Crippen LogP contribution is 2.35. The summed E-state index contributed by atoms with van der Waals surface area (Å²) in [5.74, 6) is 0.0207. The molecule has 25 heavy (non-hydrogen) atoms. The number of hydrogen-bond donors (Lipinski definition) is 2. The molecular formula is C15H24ClN3O5S. The first-order valence-corrected chi connectivity index (χ1v) is 9.30. The largest absolute Gasteiger partial charge is 0.490 e. The molecule has 0 bridgehead atoms. The number of nitro benzene ring substituents is 1. The van der Waals surface area contributed by atoms with Crippen LogP contribution in [0.2, 0.25) is 0 Å². The summed E-state index contributed by atoms with van der Waals surface area (Å²) in [5.41, 5.74) is 4.92. The second-order valence-electron chi connectivity index (χ2n) is 6.20. The van der Waals surface area contributed by atoms with Gasteiger partial charge < -0.3 is 10.5 Å². The molecule has 0 saturated heterocycles. The van der Waals surface area contributed by atoms with Crippen LogP contribution in [0.5, 0.6) is 5.75 Å². The third-order valence-corrected chi connectivity index (χ3v) is 6.36. The first-order chi connectivity index (χ1) is 11.3. The topological polar surface area (TPSA) is 125 Å². The number of methoxy groups -OCH3 is 1. The Morgan fingerprint density at radius 1 is 1.44 bits per heavy atom. The first kappa shape index (κ1) is 21.6. The van der Waals surface area contributed by atoms with E-state index in [0.29, 0.717) is 6.42 Å². The van der Waals surface area contributed by atoms with Crippen molar-refractivity contribution < 1.29 is 18.1 Å². The van der Waals surface area contributed by atoms with Gasteiger partial charge in [0.05, 0.1) is 16.9 Å². The maximum Gasteiger partial charge on any atom is 0.310 e. The molecule has 3 N–H and O–H groups in total. The van der Waals surface area contributed by atoms with Crippen LogP contribution in [0.4, 0.5) is 5.69 Å². The SMILES string of the molecule is COc1cc(S(=O)(=O)NC2(CN)CCCCC2C)ccc1[N+](=O)[O-].Cl. The zero-order valence-electron chi connectivity index (χ0n) is 14.2. The first-order valence-electron chi connectivity index (χ1n) is 7.82. The number of nitrogens with zero attached hydrogens (tertiary/aromatic N) is 1. The Morgan fingerprint density at radius 2 is 2.12 bits per heavy atom. The van der Waals surface area contributed by atoms with Gasteiger partial charge in [-0.05, 0) is 24.8 Å². The molecule has 0 heterocycles. The molecule has 0 amide bonds. The van der Waals surface area contributed by atoms with Crippen LogP contribution in [0.1, 0.15) is 32.6 Å². The molecule has 2 atom stereocenters. The average Bonchev–Trinajstić information content (AvgIpc) is 2.56. The number of sulfonamides is 1. The molecule has 1 aromatic rings. The van der Waals surface area contributed by atoms with Gasteiger partial charge in [-0.25, -0.2) is 13.1 Å². The maximum absolute atomic E-state index is 12.8. The van der Waals surface area contributed by atoms with Crippen molar-refractivity contribution in [3.05, 3.63) is 28.3 Å². The Bertz CT molecular complexity index is 728.